The van der Waals surface area contributed by atoms with E-state index < -0.39 is 0 Å². The van der Waals surface area contributed by atoms with E-state index in [4.69, 9.17) is 5.73 Å². The van der Waals surface area contributed by atoms with Gasteiger partial charge >= 0.3 is 0 Å². The van der Waals surface area contributed by atoms with Crippen molar-refractivity contribution in [2.24, 2.45) is 0 Å². The van der Waals surface area contributed by atoms with Crippen molar-refractivity contribution in [3.8, 4) is 0 Å². The number of fused-ring (bicyclic) bond motifs is 1. The van der Waals surface area contributed by atoms with Gasteiger partial charge in [0.05, 0.1) is 16.8 Å². The lowest BCUT2D eigenvalue weighted by atomic mass is 10.2. The minimum absolute atomic E-state index is 0.831. The van der Waals surface area contributed by atoms with Crippen LogP contribution < -0.4 is 5.73 Å². The fourth-order valence-corrected chi connectivity index (χ4v) is 2.83. The second kappa shape index (κ2) is 4.97. The second-order valence-corrected chi connectivity index (χ2v) is 5.56. The molecule has 0 aliphatic rings. The number of imidazole rings is 1. The molecule has 96 valence electrons. The van der Waals surface area contributed by atoms with Crippen LogP contribution in [0.15, 0.2) is 47.4 Å². The lowest BCUT2D eigenvalue weighted by molar-refractivity contribution is 1.14. The number of nitrogens with zero attached hydrogens (tertiary/aromatic N) is 1. The van der Waals surface area contributed by atoms with E-state index in [1.807, 2.05) is 37.3 Å². The number of aryl methyl sites for hydroxylation is 1. The fourth-order valence-electron chi connectivity index (χ4n) is 1.96. The van der Waals surface area contributed by atoms with Crippen LogP contribution in [0.5, 0.6) is 0 Å². The highest BCUT2D eigenvalue weighted by atomic mass is 32.2. The molecule has 0 atom stereocenters. The predicted octanol–water partition coefficient (Wildman–Crippen LogP) is 3.75. The van der Waals surface area contributed by atoms with Gasteiger partial charge in [-0.15, -0.1) is 11.8 Å². The first kappa shape index (κ1) is 12.1. The van der Waals surface area contributed by atoms with Crippen LogP contribution in [-0.2, 0) is 5.75 Å². The van der Waals surface area contributed by atoms with E-state index in [9.17, 15) is 0 Å². The van der Waals surface area contributed by atoms with Gasteiger partial charge < -0.3 is 10.7 Å². The molecule has 3 nitrogen and oxygen atoms in total. The third-order valence-electron chi connectivity index (χ3n) is 3.06. The maximum absolute atomic E-state index is 5.82. The molecule has 3 aromatic rings. The Kier molecular flexibility index (Phi) is 3.17. The molecule has 1 heterocycles. The number of H-pyrrole nitrogens is 1. The summed E-state index contributed by atoms with van der Waals surface area (Å²) < 4.78 is 0. The van der Waals surface area contributed by atoms with E-state index in [0.29, 0.717) is 0 Å². The van der Waals surface area contributed by atoms with E-state index in [1.165, 1.54) is 4.90 Å². The Bertz CT molecular complexity index is 685. The van der Waals surface area contributed by atoms with E-state index >= 15 is 0 Å². The van der Waals surface area contributed by atoms with Crippen LogP contribution in [0.1, 0.15) is 11.4 Å². The molecule has 0 amide bonds. The average Bonchev–Trinajstić information content (AvgIpc) is 2.83. The monoisotopic (exact) mass is 269 g/mol. The summed E-state index contributed by atoms with van der Waals surface area (Å²) in [6, 6.07) is 14.2. The average molecular weight is 269 g/mol. The van der Waals surface area contributed by atoms with Gasteiger partial charge in [0.1, 0.15) is 5.82 Å². The van der Waals surface area contributed by atoms with Crippen LogP contribution in [-0.4, -0.2) is 9.97 Å². The van der Waals surface area contributed by atoms with Gasteiger partial charge in [0, 0.05) is 10.6 Å². The molecule has 0 radical (unpaired) electrons. The quantitative estimate of drug-likeness (QED) is 0.562. The highest BCUT2D eigenvalue weighted by Gasteiger charge is 2.03. The number of thioether (sulfide) groups is 1. The van der Waals surface area contributed by atoms with Crippen molar-refractivity contribution in [2.75, 3.05) is 5.73 Å². The molecule has 4 heteroatoms. The Hall–Kier alpha value is -1.94. The van der Waals surface area contributed by atoms with Crippen molar-refractivity contribution in [3.63, 3.8) is 0 Å². The minimum Gasteiger partial charge on any atom is -0.399 e. The molecule has 0 saturated heterocycles. The molecule has 0 spiro atoms. The van der Waals surface area contributed by atoms with Gasteiger partial charge in [0.15, 0.2) is 0 Å². The first-order valence-corrected chi connectivity index (χ1v) is 7.13. The number of anilines is 1. The lowest BCUT2D eigenvalue weighted by Crippen LogP contribution is -1.89. The van der Waals surface area contributed by atoms with Crippen LogP contribution in [0.3, 0.4) is 0 Å². The number of nitrogen functional groups attached to an aromatic ring is 1. The minimum atomic E-state index is 0.831. The van der Waals surface area contributed by atoms with Gasteiger partial charge in [-0.1, -0.05) is 12.1 Å². The largest absolute Gasteiger partial charge is 0.399 e. The molecule has 19 heavy (non-hydrogen) atoms. The molecule has 0 fully saturated rings. The van der Waals surface area contributed by atoms with Gasteiger partial charge in [0.25, 0.3) is 0 Å². The number of rotatable bonds is 3. The zero-order chi connectivity index (χ0) is 13.2. The van der Waals surface area contributed by atoms with E-state index in [2.05, 4.69) is 22.1 Å². The van der Waals surface area contributed by atoms with Crippen molar-refractivity contribution in [1.82, 2.24) is 9.97 Å². The highest BCUT2D eigenvalue weighted by molar-refractivity contribution is 7.98. The Morgan fingerprint density at radius 2 is 2.05 bits per heavy atom. The Balaban J connectivity index is 1.76. The zero-order valence-electron chi connectivity index (χ0n) is 10.7. The number of aromatic amines is 1. The summed E-state index contributed by atoms with van der Waals surface area (Å²) in [6.07, 6.45) is 0. The molecule has 0 saturated carbocycles. The predicted molar refractivity (Wildman–Crippen MR) is 81.2 cm³/mol. The number of para-hydroxylation sites is 2. The zero-order valence-corrected chi connectivity index (χ0v) is 11.5. The van der Waals surface area contributed by atoms with Crippen LogP contribution in [0.4, 0.5) is 5.69 Å². The molecule has 0 bridgehead atoms. The Labute approximate surface area is 116 Å². The third kappa shape index (κ3) is 2.58. The lowest BCUT2D eigenvalue weighted by Gasteiger charge is -2.03. The molecule has 1 aromatic heterocycles. The standard InChI is InChI=1S/C15H15N3S/c1-10-8-11(6-7-12(10)16)19-9-15-17-13-4-2-3-5-14(13)18-15/h2-8H,9,16H2,1H3,(H,17,18). The molecule has 0 unspecified atom stereocenters. The van der Waals surface area contributed by atoms with E-state index in [-0.39, 0.29) is 0 Å². The Morgan fingerprint density at radius 1 is 1.21 bits per heavy atom. The maximum atomic E-state index is 5.82. The smallest absolute Gasteiger partial charge is 0.117 e. The molecular weight excluding hydrogens is 254 g/mol. The van der Waals surface area contributed by atoms with Crippen molar-refractivity contribution in [2.45, 2.75) is 17.6 Å². The first-order chi connectivity index (χ1) is 9.22. The van der Waals surface area contributed by atoms with E-state index in [1.54, 1.807) is 11.8 Å². The summed E-state index contributed by atoms with van der Waals surface area (Å²) in [5.74, 6) is 1.83. The number of hydrogen-bond donors (Lipinski definition) is 2. The molecule has 0 aliphatic heterocycles. The van der Waals surface area contributed by atoms with Crippen LogP contribution in [0, 0.1) is 6.92 Å². The number of benzene rings is 2. The summed E-state index contributed by atoms with van der Waals surface area (Å²) in [6.45, 7) is 2.03. The fraction of sp³-hybridized carbons (Fsp3) is 0.133. The van der Waals surface area contributed by atoms with Crippen molar-refractivity contribution >= 4 is 28.5 Å². The molecule has 2 aromatic carbocycles. The molecule has 3 N–H and O–H groups in total. The maximum Gasteiger partial charge on any atom is 0.117 e. The highest BCUT2D eigenvalue weighted by Crippen LogP contribution is 2.25. The van der Waals surface area contributed by atoms with Crippen LogP contribution >= 0.6 is 11.8 Å². The summed E-state index contributed by atoms with van der Waals surface area (Å²) in [4.78, 5) is 9.12. The van der Waals surface area contributed by atoms with Crippen molar-refractivity contribution < 1.29 is 0 Å². The third-order valence-corrected chi connectivity index (χ3v) is 4.06. The molecule has 0 aliphatic carbocycles. The van der Waals surface area contributed by atoms with Crippen molar-refractivity contribution in [1.29, 1.82) is 0 Å². The SMILES string of the molecule is Cc1cc(SCc2nc3ccccc3[nH]2)ccc1N. The topological polar surface area (TPSA) is 54.7 Å². The van der Waals surface area contributed by atoms with Gasteiger partial charge in [0.2, 0.25) is 0 Å². The van der Waals surface area contributed by atoms with Gasteiger partial charge in [-0.3, -0.25) is 0 Å². The number of nitrogens with two attached hydrogens (primary N) is 1. The summed E-state index contributed by atoms with van der Waals surface area (Å²) in [7, 11) is 0. The first-order valence-electron chi connectivity index (χ1n) is 6.15. The van der Waals surface area contributed by atoms with Gasteiger partial charge in [-0.2, -0.15) is 0 Å². The second-order valence-electron chi connectivity index (χ2n) is 4.51. The summed E-state index contributed by atoms with van der Waals surface area (Å²) in [5.41, 5.74) is 9.89. The number of nitrogens with one attached hydrogen (secondary N) is 1. The summed E-state index contributed by atoms with van der Waals surface area (Å²) in [5, 5.41) is 0. The summed E-state index contributed by atoms with van der Waals surface area (Å²) >= 11 is 1.76. The Morgan fingerprint density at radius 3 is 2.84 bits per heavy atom. The van der Waals surface area contributed by atoms with Gasteiger partial charge in [-0.05, 0) is 42.8 Å². The molecule has 3 rings (SSSR count). The van der Waals surface area contributed by atoms with Crippen LogP contribution in [0.25, 0.3) is 11.0 Å². The van der Waals surface area contributed by atoms with Gasteiger partial charge in [-0.25, -0.2) is 4.98 Å². The van der Waals surface area contributed by atoms with Crippen molar-refractivity contribution in [3.05, 3.63) is 53.9 Å². The number of hydrogen-bond acceptors (Lipinski definition) is 3. The van der Waals surface area contributed by atoms with Crippen LogP contribution in [0.2, 0.25) is 0 Å². The molecular formula is C15H15N3S. The van der Waals surface area contributed by atoms with E-state index in [0.717, 1.165) is 33.9 Å². The number of aromatic nitrogens is 2. The normalized spacial score (nSPS) is 11.0.